The summed E-state index contributed by atoms with van der Waals surface area (Å²) in [5.41, 5.74) is 12.3. The van der Waals surface area contributed by atoms with Crippen molar-refractivity contribution in [3.8, 4) is 33.4 Å². The van der Waals surface area contributed by atoms with Gasteiger partial charge < -0.3 is 9.32 Å². The third-order valence-electron chi connectivity index (χ3n) is 9.88. The van der Waals surface area contributed by atoms with Gasteiger partial charge in [-0.1, -0.05) is 133 Å². The Balaban J connectivity index is 1.23. The van der Waals surface area contributed by atoms with Gasteiger partial charge in [0.25, 0.3) is 0 Å². The number of anilines is 3. The van der Waals surface area contributed by atoms with Crippen molar-refractivity contribution in [1.82, 2.24) is 0 Å². The normalized spacial score (nSPS) is 11.5. The van der Waals surface area contributed by atoms with Crippen LogP contribution in [-0.4, -0.2) is 0 Å². The van der Waals surface area contributed by atoms with Crippen molar-refractivity contribution in [2.75, 3.05) is 4.90 Å². The smallest absolute Gasteiger partial charge is 0.136 e. The molecule has 10 rings (SSSR count). The molecule has 0 aliphatic rings. The fourth-order valence-corrected chi connectivity index (χ4v) is 8.57. The Hall–Kier alpha value is -6.42. The highest BCUT2D eigenvalue weighted by Crippen LogP contribution is 2.49. The summed E-state index contributed by atoms with van der Waals surface area (Å²) in [4.78, 5) is 2.42. The molecule has 0 spiro atoms. The molecule has 0 aliphatic carbocycles. The first-order valence-corrected chi connectivity index (χ1v) is 18.1. The lowest BCUT2D eigenvalue weighted by atomic mass is 9.97. The zero-order chi connectivity index (χ0) is 33.7. The molecule has 0 aliphatic heterocycles. The van der Waals surface area contributed by atoms with Crippen LogP contribution in [0.4, 0.5) is 17.1 Å². The summed E-state index contributed by atoms with van der Waals surface area (Å²) in [6, 6.07) is 67.4. The van der Waals surface area contributed by atoms with E-state index in [0.717, 1.165) is 33.6 Å². The number of furan rings is 1. The maximum atomic E-state index is 6.35. The first-order valence-electron chi connectivity index (χ1n) is 17.3. The van der Waals surface area contributed by atoms with Crippen LogP contribution in [0.5, 0.6) is 0 Å². The minimum atomic E-state index is 0.920. The predicted octanol–water partition coefficient (Wildman–Crippen LogP) is 14.4. The number of benzene rings is 8. The van der Waals surface area contributed by atoms with Crippen molar-refractivity contribution in [3.63, 3.8) is 0 Å². The number of hydrogen-bond acceptors (Lipinski definition) is 3. The van der Waals surface area contributed by atoms with Crippen LogP contribution in [0.15, 0.2) is 192 Å². The van der Waals surface area contributed by atoms with E-state index in [1.807, 2.05) is 17.4 Å². The zero-order valence-corrected chi connectivity index (χ0v) is 28.5. The number of hydrogen-bond donors (Lipinski definition) is 0. The van der Waals surface area contributed by atoms with Crippen LogP contribution in [-0.2, 0) is 0 Å². The molecule has 51 heavy (non-hydrogen) atoms. The average Bonchev–Trinajstić information content (AvgIpc) is 3.77. The standard InChI is InChI=1S/C48H31NOS/c1-4-12-32(13-5-1)34-20-24-37(25-21-34)49(38-26-22-35(23-27-38)33-14-6-2-7-15-33)42-31-46-41(30-40(42)36-16-8-3-9-17-36)48-45(51-46)29-28-44-47(48)39-18-10-11-19-43(39)50-44/h1-31H. The SMILES string of the molecule is c1ccc(-c2ccc(N(c3ccc(-c4ccccc4)cc3)c3cc4sc5ccc6oc7ccccc7c6c5c4cc3-c3ccccc3)cc2)cc1. The third-order valence-corrected chi connectivity index (χ3v) is 11.0. The molecular weight excluding hydrogens is 639 g/mol. The van der Waals surface area contributed by atoms with Crippen LogP contribution in [0.25, 0.3) is 75.5 Å². The van der Waals surface area contributed by atoms with E-state index in [1.54, 1.807) is 0 Å². The lowest BCUT2D eigenvalue weighted by molar-refractivity contribution is 0.669. The highest BCUT2D eigenvalue weighted by atomic mass is 32.1. The van der Waals surface area contributed by atoms with E-state index >= 15 is 0 Å². The van der Waals surface area contributed by atoms with Gasteiger partial charge >= 0.3 is 0 Å². The lowest BCUT2D eigenvalue weighted by Crippen LogP contribution is -2.11. The molecule has 0 fully saturated rings. The van der Waals surface area contributed by atoms with Gasteiger partial charge in [-0.15, -0.1) is 11.3 Å². The molecule has 0 amide bonds. The van der Waals surface area contributed by atoms with Gasteiger partial charge in [-0.25, -0.2) is 0 Å². The summed E-state index contributed by atoms with van der Waals surface area (Å²) in [7, 11) is 0. The van der Waals surface area contributed by atoms with E-state index in [1.165, 1.54) is 58.9 Å². The van der Waals surface area contributed by atoms with E-state index < -0.39 is 0 Å². The summed E-state index contributed by atoms with van der Waals surface area (Å²) in [6.07, 6.45) is 0. The maximum Gasteiger partial charge on any atom is 0.136 e. The van der Waals surface area contributed by atoms with Crippen molar-refractivity contribution in [2.24, 2.45) is 0 Å². The molecule has 0 bridgehead atoms. The van der Waals surface area contributed by atoms with Gasteiger partial charge in [0.2, 0.25) is 0 Å². The first-order chi connectivity index (χ1) is 25.3. The summed E-state index contributed by atoms with van der Waals surface area (Å²) >= 11 is 1.85. The second-order valence-electron chi connectivity index (χ2n) is 12.9. The van der Waals surface area contributed by atoms with Crippen molar-refractivity contribution in [2.45, 2.75) is 0 Å². The first kappa shape index (κ1) is 29.5. The lowest BCUT2D eigenvalue weighted by Gasteiger charge is -2.28. The fraction of sp³-hybridized carbons (Fsp3) is 0. The average molecular weight is 670 g/mol. The molecule has 10 aromatic rings. The van der Waals surface area contributed by atoms with E-state index in [4.69, 9.17) is 4.42 Å². The monoisotopic (exact) mass is 669 g/mol. The number of rotatable bonds is 6. The van der Waals surface area contributed by atoms with E-state index in [0.29, 0.717) is 0 Å². The highest BCUT2D eigenvalue weighted by Gasteiger charge is 2.22. The van der Waals surface area contributed by atoms with Crippen LogP contribution in [0.1, 0.15) is 0 Å². The molecule has 2 nitrogen and oxygen atoms in total. The van der Waals surface area contributed by atoms with Gasteiger partial charge in [-0.05, 0) is 82.4 Å². The second kappa shape index (κ2) is 12.2. The number of fused-ring (bicyclic) bond motifs is 7. The van der Waals surface area contributed by atoms with Gasteiger partial charge in [-0.3, -0.25) is 0 Å². The fourth-order valence-electron chi connectivity index (χ4n) is 7.45. The summed E-state index contributed by atoms with van der Waals surface area (Å²) in [5.74, 6) is 0. The van der Waals surface area contributed by atoms with Gasteiger partial charge in [-0.2, -0.15) is 0 Å². The zero-order valence-electron chi connectivity index (χ0n) is 27.7. The van der Waals surface area contributed by atoms with E-state index in [2.05, 4.69) is 187 Å². The Labute approximate surface area is 300 Å². The molecule has 0 atom stereocenters. The topological polar surface area (TPSA) is 16.4 Å². The Kier molecular flexibility index (Phi) is 7.04. The quantitative estimate of drug-likeness (QED) is 0.175. The third kappa shape index (κ3) is 5.10. The summed E-state index contributed by atoms with van der Waals surface area (Å²) in [5, 5.41) is 4.84. The van der Waals surface area contributed by atoms with Crippen LogP contribution in [0.2, 0.25) is 0 Å². The van der Waals surface area contributed by atoms with E-state index in [9.17, 15) is 0 Å². The molecule has 2 aromatic heterocycles. The van der Waals surface area contributed by atoms with Crippen LogP contribution >= 0.6 is 11.3 Å². The Morgan fingerprint density at radius 2 is 0.902 bits per heavy atom. The number of thiophene rings is 1. The maximum absolute atomic E-state index is 6.35. The van der Waals surface area contributed by atoms with Crippen molar-refractivity contribution >= 4 is 70.5 Å². The van der Waals surface area contributed by atoms with Crippen LogP contribution in [0.3, 0.4) is 0 Å². The summed E-state index contributed by atoms with van der Waals surface area (Å²) in [6.45, 7) is 0. The van der Waals surface area contributed by atoms with Gasteiger partial charge in [0, 0.05) is 47.9 Å². The molecule has 0 saturated carbocycles. The summed E-state index contributed by atoms with van der Waals surface area (Å²) < 4.78 is 8.85. The molecule has 0 N–H and O–H groups in total. The predicted molar refractivity (Wildman–Crippen MR) is 218 cm³/mol. The molecule has 8 aromatic carbocycles. The van der Waals surface area contributed by atoms with Crippen molar-refractivity contribution < 1.29 is 4.42 Å². The molecule has 240 valence electrons. The van der Waals surface area contributed by atoms with Crippen LogP contribution < -0.4 is 4.90 Å². The van der Waals surface area contributed by atoms with Crippen molar-refractivity contribution in [3.05, 3.63) is 188 Å². The molecule has 2 heterocycles. The number of nitrogens with zero attached hydrogens (tertiary/aromatic N) is 1. The van der Waals surface area contributed by atoms with Gasteiger partial charge in [0.05, 0.1) is 5.69 Å². The molecule has 0 unspecified atom stereocenters. The number of para-hydroxylation sites is 1. The second-order valence-corrected chi connectivity index (χ2v) is 14.0. The molecule has 3 heteroatoms. The largest absolute Gasteiger partial charge is 0.456 e. The van der Waals surface area contributed by atoms with Crippen molar-refractivity contribution in [1.29, 1.82) is 0 Å². The Morgan fingerprint density at radius 1 is 0.373 bits per heavy atom. The molecule has 0 saturated heterocycles. The Bertz CT molecular complexity index is 2730. The van der Waals surface area contributed by atoms with E-state index in [-0.39, 0.29) is 0 Å². The minimum absolute atomic E-state index is 0.920. The van der Waals surface area contributed by atoms with Gasteiger partial charge in [0.1, 0.15) is 11.2 Å². The van der Waals surface area contributed by atoms with Gasteiger partial charge in [0.15, 0.2) is 0 Å². The molecule has 0 radical (unpaired) electrons. The highest BCUT2D eigenvalue weighted by molar-refractivity contribution is 7.26. The minimum Gasteiger partial charge on any atom is -0.456 e. The molecular formula is C48H31NOS. The van der Waals surface area contributed by atoms with Crippen LogP contribution in [0, 0.1) is 0 Å². The Morgan fingerprint density at radius 3 is 1.51 bits per heavy atom.